The molecule has 21 heteroatoms. The van der Waals surface area contributed by atoms with E-state index in [-0.39, 0.29) is 29.1 Å². The second-order valence-corrected chi connectivity index (χ2v) is 15.0. The standard InChI is InChI=1S/C30H40N8O11S2/c1-29(2)23(26(40)38(29)49-51(43,44)45)35-25(39)21(18-13-50-28(33)34-18)37-48-22(27(41)42)20-7-4-15-12-16(5-6-19(15)47-20)24(32)36-30(14-46-3)10-8-17(31)9-11-30/h5-6,12-13,17,20,22-23H,4,7-11,14,31H2,1-3H3,(H2,32,36)(H2,33,34)(H,35,39)(H,41,42)(H,43,44,45)/b37-21-/t17-,20-,22?,23-,30+/m1/s1. The Balaban J connectivity index is 1.30. The molecule has 1 unspecified atom stereocenters. The summed E-state index contributed by atoms with van der Waals surface area (Å²) in [5.41, 5.74) is 10.8. The number of carbonyl (C=O) groups is 3. The molecule has 2 aliphatic heterocycles. The number of fused-ring (bicyclic) bond motifs is 1. The third-order valence-electron chi connectivity index (χ3n) is 9.06. The Hall–Kier alpha value is -4.41. The average molecular weight is 753 g/mol. The lowest BCUT2D eigenvalue weighted by molar-refractivity contribution is -0.218. The SMILES string of the molecule is COC[C@]1(NC(=N)c2ccc3c(c2)CC[C@H](C(O/N=C(\C(=O)N[C@@H]2C(=O)N(OS(=O)(=O)O)C2(C)C)c2csc(N)n2)C(=O)O)O3)CC[C@@H](N)CC1. The van der Waals surface area contributed by atoms with E-state index in [0.29, 0.717) is 29.4 Å². The predicted molar refractivity (Wildman–Crippen MR) is 181 cm³/mol. The summed E-state index contributed by atoms with van der Waals surface area (Å²) >= 11 is 0.960. The van der Waals surface area contributed by atoms with Crippen molar-refractivity contribution in [3.8, 4) is 5.75 Å². The molecule has 2 aromatic rings. The molecule has 0 radical (unpaired) electrons. The normalized spacial score (nSPS) is 25.1. The number of carboxylic acid groups (broad SMARTS) is 1. The summed E-state index contributed by atoms with van der Waals surface area (Å²) in [5.74, 6) is -2.85. The third-order valence-corrected chi connectivity index (χ3v) is 10.1. The molecule has 1 aliphatic carbocycles. The number of anilines is 1. The second kappa shape index (κ2) is 14.7. The number of benzene rings is 1. The smallest absolute Gasteiger partial charge is 0.418 e. The number of methoxy groups -OCH3 is 1. The van der Waals surface area contributed by atoms with Gasteiger partial charge in [-0.3, -0.25) is 19.6 Å². The maximum atomic E-state index is 13.4. The number of nitrogen functional groups attached to an aromatic ring is 1. The molecular formula is C30H40N8O11S2. The van der Waals surface area contributed by atoms with E-state index in [2.05, 4.69) is 25.1 Å². The molecule has 3 heterocycles. The number of nitrogens with one attached hydrogen (secondary N) is 3. The van der Waals surface area contributed by atoms with Crippen LogP contribution in [0, 0.1) is 5.41 Å². The van der Waals surface area contributed by atoms with Crippen molar-refractivity contribution in [2.75, 3.05) is 19.5 Å². The lowest BCUT2D eigenvalue weighted by Crippen LogP contribution is -2.76. The van der Waals surface area contributed by atoms with E-state index in [1.807, 2.05) is 6.07 Å². The fourth-order valence-electron chi connectivity index (χ4n) is 6.29. The van der Waals surface area contributed by atoms with Crippen LogP contribution in [0.2, 0.25) is 0 Å². The summed E-state index contributed by atoms with van der Waals surface area (Å²) in [5, 5.41) is 30.2. The number of rotatable bonds is 13. The quantitative estimate of drug-likeness (QED) is 0.0477. The van der Waals surface area contributed by atoms with Crippen LogP contribution in [0.1, 0.15) is 62.8 Å². The molecule has 9 N–H and O–H groups in total. The van der Waals surface area contributed by atoms with Crippen molar-refractivity contribution in [2.45, 2.75) is 87.7 Å². The molecule has 1 aromatic heterocycles. The summed E-state index contributed by atoms with van der Waals surface area (Å²) in [6.07, 6.45) is 0.998. The number of hydroxylamine groups is 2. The van der Waals surface area contributed by atoms with Gasteiger partial charge < -0.3 is 41.5 Å². The van der Waals surface area contributed by atoms with E-state index in [4.69, 9.17) is 35.7 Å². The number of amidine groups is 1. The van der Waals surface area contributed by atoms with Gasteiger partial charge in [-0.05, 0) is 76.1 Å². The van der Waals surface area contributed by atoms with Gasteiger partial charge >= 0.3 is 16.4 Å². The molecule has 3 aliphatic rings. The molecule has 278 valence electrons. The minimum atomic E-state index is -5.03. The van der Waals surface area contributed by atoms with Gasteiger partial charge in [-0.1, -0.05) is 5.16 Å². The lowest BCUT2D eigenvalue weighted by Gasteiger charge is -2.50. The van der Waals surface area contributed by atoms with Gasteiger partial charge in [0.1, 0.15) is 29.4 Å². The number of carbonyl (C=O) groups excluding carboxylic acids is 2. The Morgan fingerprint density at radius 3 is 2.57 bits per heavy atom. The first-order valence-corrected chi connectivity index (χ1v) is 18.1. The van der Waals surface area contributed by atoms with Crippen LogP contribution in [0.15, 0.2) is 28.7 Å². The van der Waals surface area contributed by atoms with Crippen molar-refractivity contribution < 1.29 is 51.1 Å². The molecule has 1 saturated carbocycles. The van der Waals surface area contributed by atoms with Crippen LogP contribution in [0.4, 0.5) is 5.13 Å². The molecule has 0 bridgehead atoms. The monoisotopic (exact) mass is 752 g/mol. The van der Waals surface area contributed by atoms with E-state index in [1.54, 1.807) is 19.2 Å². The highest BCUT2D eigenvalue weighted by Gasteiger charge is 2.58. The molecular weight excluding hydrogens is 713 g/mol. The first-order valence-electron chi connectivity index (χ1n) is 15.8. The molecule has 5 rings (SSSR count). The Kier molecular flexibility index (Phi) is 10.9. The van der Waals surface area contributed by atoms with Crippen molar-refractivity contribution in [1.29, 1.82) is 5.41 Å². The number of oxime groups is 1. The van der Waals surface area contributed by atoms with Crippen LogP contribution in [-0.2, 0) is 45.1 Å². The van der Waals surface area contributed by atoms with Gasteiger partial charge in [0, 0.05) is 24.1 Å². The van der Waals surface area contributed by atoms with Gasteiger partial charge in [0.25, 0.3) is 17.9 Å². The van der Waals surface area contributed by atoms with E-state index in [9.17, 15) is 27.9 Å². The highest BCUT2D eigenvalue weighted by atomic mass is 32.3. The molecule has 0 spiro atoms. The van der Waals surface area contributed by atoms with Gasteiger partial charge in [0.05, 0.1) is 17.7 Å². The number of aromatic nitrogens is 1. The number of thiazole rings is 1. The molecule has 2 fully saturated rings. The van der Waals surface area contributed by atoms with Crippen LogP contribution in [0.3, 0.4) is 0 Å². The number of amides is 2. The van der Waals surface area contributed by atoms with Crippen molar-refractivity contribution in [3.05, 3.63) is 40.4 Å². The number of aryl methyl sites for hydroxylation is 1. The fourth-order valence-corrected chi connectivity index (χ4v) is 7.29. The van der Waals surface area contributed by atoms with Crippen LogP contribution in [0.5, 0.6) is 5.75 Å². The maximum absolute atomic E-state index is 13.4. The van der Waals surface area contributed by atoms with Crippen molar-refractivity contribution >= 4 is 56.2 Å². The molecule has 1 aromatic carbocycles. The van der Waals surface area contributed by atoms with Crippen LogP contribution < -0.4 is 26.8 Å². The van der Waals surface area contributed by atoms with Crippen molar-refractivity contribution in [1.82, 2.24) is 20.7 Å². The number of carboxylic acids is 1. The summed E-state index contributed by atoms with van der Waals surface area (Å²) in [7, 11) is -3.41. The first-order chi connectivity index (χ1) is 23.9. The number of ether oxygens (including phenoxy) is 2. The first kappa shape index (κ1) is 37.8. The number of hydrogen-bond donors (Lipinski definition) is 7. The Morgan fingerprint density at radius 1 is 1.27 bits per heavy atom. The molecule has 2 amide bonds. The molecule has 3 atom stereocenters. The number of nitrogens with two attached hydrogens (primary N) is 2. The van der Waals surface area contributed by atoms with Gasteiger partial charge in [0.15, 0.2) is 10.8 Å². The predicted octanol–water partition coefficient (Wildman–Crippen LogP) is 0.334. The Morgan fingerprint density at radius 2 is 1.98 bits per heavy atom. The van der Waals surface area contributed by atoms with Crippen molar-refractivity contribution in [2.24, 2.45) is 10.9 Å². The van der Waals surface area contributed by atoms with E-state index < -0.39 is 63.2 Å². The largest absolute Gasteiger partial charge is 0.485 e. The summed E-state index contributed by atoms with van der Waals surface area (Å²) in [6, 6.07) is 3.94. The van der Waals surface area contributed by atoms with Gasteiger partial charge in [-0.15, -0.1) is 15.6 Å². The minimum Gasteiger partial charge on any atom is -0.485 e. The highest BCUT2D eigenvalue weighted by molar-refractivity contribution is 7.80. The van der Waals surface area contributed by atoms with E-state index in [1.165, 1.54) is 19.2 Å². The highest BCUT2D eigenvalue weighted by Crippen LogP contribution is 2.34. The minimum absolute atomic E-state index is 0.0553. The topological polar surface area (TPSA) is 291 Å². The van der Waals surface area contributed by atoms with E-state index >= 15 is 0 Å². The van der Waals surface area contributed by atoms with E-state index in [0.717, 1.165) is 42.6 Å². The zero-order chi connectivity index (χ0) is 37.3. The summed E-state index contributed by atoms with van der Waals surface area (Å²) < 4.78 is 47.1. The van der Waals surface area contributed by atoms with Crippen LogP contribution >= 0.6 is 11.3 Å². The third kappa shape index (κ3) is 8.39. The van der Waals surface area contributed by atoms with Gasteiger partial charge in [0.2, 0.25) is 0 Å². The van der Waals surface area contributed by atoms with Gasteiger partial charge in [-0.2, -0.15) is 13.5 Å². The lowest BCUT2D eigenvalue weighted by atomic mass is 9.80. The fraction of sp³-hybridized carbons (Fsp3) is 0.533. The number of aliphatic carboxylic acids is 1. The molecule has 19 nitrogen and oxygen atoms in total. The Bertz CT molecular complexity index is 1820. The zero-order valence-corrected chi connectivity index (χ0v) is 29.6. The zero-order valence-electron chi connectivity index (χ0n) is 28.0. The second-order valence-electron chi connectivity index (χ2n) is 13.1. The van der Waals surface area contributed by atoms with Crippen LogP contribution in [-0.4, -0.2) is 107 Å². The number of β-lactam (4-membered cyclic amide) rings is 1. The molecule has 1 saturated heterocycles. The van der Waals surface area contributed by atoms with Crippen LogP contribution in [0.25, 0.3) is 0 Å². The Labute approximate surface area is 297 Å². The average Bonchev–Trinajstić information content (AvgIpc) is 3.50. The maximum Gasteiger partial charge on any atom is 0.418 e. The molecule has 51 heavy (non-hydrogen) atoms. The number of nitrogens with zero attached hydrogens (tertiary/aromatic N) is 3. The summed E-state index contributed by atoms with van der Waals surface area (Å²) in [6.45, 7) is 3.16. The summed E-state index contributed by atoms with van der Waals surface area (Å²) in [4.78, 5) is 47.8. The van der Waals surface area contributed by atoms with Gasteiger partial charge in [-0.25, -0.2) is 9.78 Å². The number of hydrogen-bond acceptors (Lipinski definition) is 15. The van der Waals surface area contributed by atoms with Crippen molar-refractivity contribution in [3.63, 3.8) is 0 Å².